The summed E-state index contributed by atoms with van der Waals surface area (Å²) in [5.41, 5.74) is 4.39. The van der Waals surface area contributed by atoms with Gasteiger partial charge in [-0.2, -0.15) is 83.9 Å². The van der Waals surface area contributed by atoms with E-state index in [0.29, 0.717) is 0 Å². The topological polar surface area (TPSA) is 33.5 Å². The quantitative estimate of drug-likeness (QED) is 0.306. The Morgan fingerprint density at radius 1 is 0.692 bits per heavy atom. The summed E-state index contributed by atoms with van der Waals surface area (Å²) in [6, 6.07) is 25.0. The van der Waals surface area contributed by atoms with Crippen molar-refractivity contribution in [2.45, 2.75) is 34.6 Å². The predicted molar refractivity (Wildman–Crippen MR) is 115 cm³/mol. The van der Waals surface area contributed by atoms with E-state index in [1.165, 1.54) is 16.7 Å². The number of benzene rings is 2. The Hall–Kier alpha value is -0.826. The van der Waals surface area contributed by atoms with Crippen molar-refractivity contribution in [1.82, 2.24) is 0 Å². The van der Waals surface area contributed by atoms with E-state index < -0.39 is 0 Å². The summed E-state index contributed by atoms with van der Waals surface area (Å²) in [4.78, 5) is 0. The van der Waals surface area contributed by atoms with Crippen LogP contribution in [0, 0.1) is 23.6 Å². The molecular weight excluding hydrogens is 397 g/mol. The maximum absolute atomic E-state index is 3.44. The van der Waals surface area contributed by atoms with Gasteiger partial charge in [0.2, 0.25) is 0 Å². The normalized spacial score (nSPS) is 12.7. The van der Waals surface area contributed by atoms with Gasteiger partial charge in [0.05, 0.1) is 0 Å². The number of rotatable bonds is 0. The van der Waals surface area contributed by atoms with Crippen LogP contribution >= 0.6 is 24.8 Å². The summed E-state index contributed by atoms with van der Waals surface area (Å²) in [5, 5.41) is 0. The van der Waals surface area contributed by atoms with Crippen LogP contribution in [0.1, 0.15) is 34.6 Å². The van der Waals surface area contributed by atoms with Crippen molar-refractivity contribution in [3.63, 3.8) is 0 Å². The molecule has 0 bridgehead atoms. The second-order valence-electron chi connectivity index (χ2n) is 5.78. The van der Waals surface area contributed by atoms with Gasteiger partial charge in [-0.25, -0.2) is 5.57 Å². The molecule has 0 saturated carbocycles. The number of allylic oxidation sites excluding steroid dienone is 4. The van der Waals surface area contributed by atoms with Gasteiger partial charge in [0.25, 0.3) is 0 Å². The zero-order valence-electron chi connectivity index (χ0n) is 16.2. The van der Waals surface area contributed by atoms with Gasteiger partial charge in [0, 0.05) is 0 Å². The zero-order valence-corrected chi connectivity index (χ0v) is 19.4. The molecule has 2 aromatic carbocycles. The largest absolute Gasteiger partial charge is 4.00 e. The Kier molecular flexibility index (Phi) is 22.2. The van der Waals surface area contributed by atoms with Gasteiger partial charge in [0.15, 0.2) is 0 Å². The molecule has 0 unspecified atom stereocenters. The first-order valence-corrected chi connectivity index (χ1v) is 7.57. The summed E-state index contributed by atoms with van der Waals surface area (Å²) in [6.07, 6.45) is 3.44. The van der Waals surface area contributed by atoms with Crippen LogP contribution in [0.25, 0.3) is 6.15 Å². The molecule has 1 aliphatic rings. The molecule has 0 fully saturated rings. The molecule has 2 aromatic rings. The van der Waals surface area contributed by atoms with Gasteiger partial charge >= 0.3 is 21.7 Å². The van der Waals surface area contributed by atoms with E-state index in [1.807, 2.05) is 60.7 Å². The van der Waals surface area contributed by atoms with E-state index in [2.05, 4.69) is 52.8 Å². The summed E-state index contributed by atoms with van der Waals surface area (Å²) >= 11 is 0. The van der Waals surface area contributed by atoms with Gasteiger partial charge in [0.1, 0.15) is 0 Å². The molecule has 0 aliphatic heterocycles. The van der Waals surface area contributed by atoms with Gasteiger partial charge in [-0.05, 0) is 0 Å². The summed E-state index contributed by atoms with van der Waals surface area (Å²) in [6.45, 7) is 10.9. The van der Waals surface area contributed by atoms with Crippen LogP contribution < -0.4 is 0 Å². The fourth-order valence-electron chi connectivity index (χ4n) is 2.09. The van der Waals surface area contributed by atoms with E-state index in [0.717, 1.165) is 0 Å². The van der Waals surface area contributed by atoms with Gasteiger partial charge in [-0.3, -0.25) is 6.08 Å². The molecule has 0 amide bonds. The monoisotopic (exact) mass is 425 g/mol. The van der Waals surface area contributed by atoms with E-state index in [4.69, 9.17) is 0 Å². The average molecular weight is 426 g/mol. The molecule has 26 heavy (non-hydrogen) atoms. The van der Waals surface area contributed by atoms with Crippen molar-refractivity contribution >= 4 is 24.8 Å². The van der Waals surface area contributed by atoms with Crippen molar-refractivity contribution < 1.29 is 21.7 Å². The minimum atomic E-state index is 0. The molecule has 0 saturated heterocycles. The number of halogens is 2. The molecule has 4 heteroatoms. The average Bonchev–Trinajstić information content (AvgIpc) is 2.74. The van der Waals surface area contributed by atoms with Crippen LogP contribution in [0.4, 0.5) is 0 Å². The minimum Gasteiger partial charge on any atom is -0.693 e. The van der Waals surface area contributed by atoms with Crippen molar-refractivity contribution in [1.29, 1.82) is 0 Å². The van der Waals surface area contributed by atoms with Crippen molar-refractivity contribution in [2.24, 2.45) is 5.41 Å². The molecule has 1 aliphatic carbocycles. The van der Waals surface area contributed by atoms with Crippen LogP contribution in [-0.2, 0) is 21.7 Å². The minimum absolute atomic E-state index is 0. The van der Waals surface area contributed by atoms with E-state index in [9.17, 15) is 0 Å². The van der Waals surface area contributed by atoms with Crippen molar-refractivity contribution in [2.75, 3.05) is 0 Å². The molecule has 140 valence electrons. The molecule has 2 N–H and O–H groups in total. The summed E-state index contributed by atoms with van der Waals surface area (Å²) in [7, 11) is 0. The Morgan fingerprint density at radius 2 is 1.04 bits per heavy atom. The van der Waals surface area contributed by atoms with E-state index in [1.54, 1.807) is 0 Å². The Labute approximate surface area is 187 Å². The number of hydrogen-bond donors (Lipinski definition) is 0. The second-order valence-corrected chi connectivity index (χ2v) is 5.78. The molecule has 0 heterocycles. The molecule has 0 radical (unpaired) electrons. The maximum Gasteiger partial charge on any atom is 4.00 e. The second kappa shape index (κ2) is 17.6. The standard InChI is InChI=1S/C10H15.2C6H5.2ClH.H2N.Ti/c1-7-6-10(4,5)9(3)8(7)2;2*1-2-4-6-5-3-1;;;;/h1-5H3;2*1-5H;2*1H;1H2;/q3*-1;;;-1;+4. The van der Waals surface area contributed by atoms with E-state index in [-0.39, 0.29) is 58.1 Å². The molecular formula is C22H29Cl2NTi. The fourth-order valence-corrected chi connectivity index (χ4v) is 2.09. The SMILES string of the molecule is CC1=[C-]C(C)(C)C(C)=C1C.Cl.Cl.[NH2-].[Ti+4].[c-]1ccccc1.[c-]1ccccc1. The van der Waals surface area contributed by atoms with Gasteiger partial charge in [-0.1, -0.05) is 33.1 Å². The Balaban J connectivity index is -0.000000135. The molecule has 0 spiro atoms. The van der Waals surface area contributed by atoms with Crippen LogP contribution in [0.2, 0.25) is 0 Å². The first kappa shape index (κ1) is 32.8. The third-order valence-electron chi connectivity index (χ3n) is 3.78. The predicted octanol–water partition coefficient (Wildman–Crippen LogP) is 7.64. The first-order chi connectivity index (χ1) is 10.4. The Morgan fingerprint density at radius 3 is 1.12 bits per heavy atom. The molecule has 0 aromatic heterocycles. The molecule has 1 nitrogen and oxygen atoms in total. The van der Waals surface area contributed by atoms with Crippen molar-refractivity contribution in [3.05, 3.63) is 102 Å². The third kappa shape index (κ3) is 12.5. The Bertz CT molecular complexity index is 524. The van der Waals surface area contributed by atoms with Crippen LogP contribution in [0.3, 0.4) is 0 Å². The zero-order chi connectivity index (χ0) is 16.4. The van der Waals surface area contributed by atoms with Crippen LogP contribution in [0.15, 0.2) is 77.4 Å². The third-order valence-corrected chi connectivity index (χ3v) is 3.78. The van der Waals surface area contributed by atoms with Crippen LogP contribution in [0.5, 0.6) is 0 Å². The maximum atomic E-state index is 3.44. The summed E-state index contributed by atoms with van der Waals surface area (Å²) in [5.74, 6) is 0. The smallest absolute Gasteiger partial charge is 0.693 e. The number of nitrogens with two attached hydrogens (primary N) is 1. The first-order valence-electron chi connectivity index (χ1n) is 7.57. The number of hydrogen-bond acceptors (Lipinski definition) is 0. The van der Waals surface area contributed by atoms with E-state index >= 15 is 0 Å². The van der Waals surface area contributed by atoms with Crippen LogP contribution in [-0.4, -0.2) is 0 Å². The fraction of sp³-hybridized carbons (Fsp3) is 0.273. The van der Waals surface area contributed by atoms with Gasteiger partial charge in [-0.15, -0.1) is 31.7 Å². The summed E-state index contributed by atoms with van der Waals surface area (Å²) < 4.78 is 0. The van der Waals surface area contributed by atoms with Gasteiger partial charge < -0.3 is 6.15 Å². The molecule has 3 rings (SSSR count). The molecule has 0 atom stereocenters. The van der Waals surface area contributed by atoms with Crippen molar-refractivity contribution in [3.8, 4) is 0 Å².